The zero-order valence-electron chi connectivity index (χ0n) is 21.4. The van der Waals surface area contributed by atoms with Crippen molar-refractivity contribution >= 4 is 17.2 Å². The van der Waals surface area contributed by atoms with Crippen LogP contribution in [0.15, 0.2) is 96.8 Å². The summed E-state index contributed by atoms with van der Waals surface area (Å²) in [5.41, 5.74) is 5.16. The zero-order valence-corrected chi connectivity index (χ0v) is 21.4. The van der Waals surface area contributed by atoms with Crippen LogP contribution < -0.4 is 20.1 Å². The van der Waals surface area contributed by atoms with Gasteiger partial charge in [0, 0.05) is 16.8 Å². The van der Waals surface area contributed by atoms with Crippen molar-refractivity contribution in [2.24, 2.45) is 0 Å². The predicted molar refractivity (Wildman–Crippen MR) is 152 cm³/mol. The molecule has 0 bridgehead atoms. The van der Waals surface area contributed by atoms with Crippen molar-refractivity contribution in [1.82, 2.24) is 5.32 Å². The second-order valence-electron chi connectivity index (χ2n) is 9.42. The Morgan fingerprint density at radius 1 is 0.974 bits per heavy atom. The van der Waals surface area contributed by atoms with Gasteiger partial charge in [0.2, 0.25) is 0 Å². The van der Waals surface area contributed by atoms with Crippen LogP contribution in [0.2, 0.25) is 0 Å². The van der Waals surface area contributed by atoms with Crippen molar-refractivity contribution in [3.8, 4) is 22.6 Å². The van der Waals surface area contributed by atoms with Gasteiger partial charge in [-0.05, 0) is 104 Å². The second kappa shape index (κ2) is 11.8. The van der Waals surface area contributed by atoms with Gasteiger partial charge >= 0.3 is 0 Å². The summed E-state index contributed by atoms with van der Waals surface area (Å²) < 4.78 is 11.6. The monoisotopic (exact) mass is 508 g/mol. The number of piperidine rings is 1. The van der Waals surface area contributed by atoms with E-state index in [-0.39, 0.29) is 17.8 Å². The number of rotatable bonds is 7. The average Bonchev–Trinajstić information content (AvgIpc) is 3.18. The Kier molecular flexibility index (Phi) is 7.90. The van der Waals surface area contributed by atoms with E-state index in [4.69, 9.17) is 9.47 Å². The highest BCUT2D eigenvalue weighted by atomic mass is 16.5. The van der Waals surface area contributed by atoms with Gasteiger partial charge < -0.3 is 25.2 Å². The molecule has 0 atom stereocenters. The quantitative estimate of drug-likeness (QED) is 0.338. The molecular formula is C32H32N2O4. The van der Waals surface area contributed by atoms with Gasteiger partial charge in [0.05, 0.1) is 7.11 Å². The van der Waals surface area contributed by atoms with Gasteiger partial charge in [0.15, 0.2) is 0 Å². The highest BCUT2D eigenvalue weighted by Gasteiger charge is 2.15. The minimum atomic E-state index is -0.204. The maximum Gasteiger partial charge on any atom is 0.255 e. The van der Waals surface area contributed by atoms with Crippen LogP contribution in [-0.4, -0.2) is 37.3 Å². The first kappa shape index (κ1) is 25.4. The Labute approximate surface area is 223 Å². The average molecular weight is 509 g/mol. The number of ether oxygens (including phenoxy) is 2. The molecule has 1 fully saturated rings. The molecule has 0 saturated carbocycles. The summed E-state index contributed by atoms with van der Waals surface area (Å²) in [5.74, 6) is 1.58. The molecular weight excluding hydrogens is 476 g/mol. The molecule has 1 aliphatic heterocycles. The van der Waals surface area contributed by atoms with Gasteiger partial charge in [-0.25, -0.2) is 0 Å². The Balaban J connectivity index is 1.25. The summed E-state index contributed by atoms with van der Waals surface area (Å²) in [6, 6.07) is 21.3. The fourth-order valence-corrected chi connectivity index (χ4v) is 4.69. The molecule has 5 rings (SSSR count). The molecule has 0 spiro atoms. The number of amides is 1. The fraction of sp³-hybridized carbons (Fsp3) is 0.219. The number of carbonyl (C=O) groups excluding carboxylic acids is 1. The molecule has 6 heteroatoms. The Morgan fingerprint density at radius 2 is 1.68 bits per heavy atom. The first-order valence-electron chi connectivity index (χ1n) is 12.9. The third-order valence-corrected chi connectivity index (χ3v) is 6.82. The molecule has 1 amide bonds. The largest absolute Gasteiger partial charge is 0.508 e. The topological polar surface area (TPSA) is 79.8 Å². The van der Waals surface area contributed by atoms with Gasteiger partial charge in [-0.2, -0.15) is 0 Å². The number of allylic oxidation sites excluding steroid dienone is 5. The summed E-state index contributed by atoms with van der Waals surface area (Å²) in [4.78, 5) is 13.1. The molecule has 0 radical (unpaired) electrons. The van der Waals surface area contributed by atoms with Gasteiger partial charge in [-0.15, -0.1) is 0 Å². The summed E-state index contributed by atoms with van der Waals surface area (Å²) in [5, 5.41) is 16.1. The normalized spacial score (nSPS) is 15.7. The number of carbonyl (C=O) groups is 1. The Morgan fingerprint density at radius 3 is 2.39 bits per heavy atom. The summed E-state index contributed by atoms with van der Waals surface area (Å²) in [7, 11) is 1.61. The number of hydrogen-bond donors (Lipinski definition) is 3. The molecule has 38 heavy (non-hydrogen) atoms. The van der Waals surface area contributed by atoms with E-state index >= 15 is 0 Å². The minimum absolute atomic E-state index is 0.204. The Hall–Kier alpha value is -4.29. The van der Waals surface area contributed by atoms with Gasteiger partial charge in [0.1, 0.15) is 23.4 Å². The van der Waals surface area contributed by atoms with Crippen LogP contribution in [-0.2, 0) is 0 Å². The standard InChI is InChI=1S/C32H32N2O4/c1-37-31-16-10-25(21-30(31)24-3-2-4-27(35)13-7-24)32(36)34-26-11-5-22(6-12-26)23-8-14-28(15-9-23)38-29-17-19-33-20-18-29/h2-6,8-16,21,29,33,35H,7,17-20H2,1H3,(H,34,36). The van der Waals surface area contributed by atoms with E-state index in [0.717, 1.165) is 53.9 Å². The van der Waals surface area contributed by atoms with E-state index in [2.05, 4.69) is 22.8 Å². The van der Waals surface area contributed by atoms with E-state index < -0.39 is 0 Å². The van der Waals surface area contributed by atoms with Crippen molar-refractivity contribution in [3.63, 3.8) is 0 Å². The first-order valence-corrected chi connectivity index (χ1v) is 12.9. The van der Waals surface area contributed by atoms with Crippen LogP contribution in [0, 0.1) is 0 Å². The molecule has 3 aromatic carbocycles. The highest BCUT2D eigenvalue weighted by molar-refractivity contribution is 6.05. The lowest BCUT2D eigenvalue weighted by molar-refractivity contribution is 0.102. The molecule has 1 aliphatic carbocycles. The van der Waals surface area contributed by atoms with E-state index in [9.17, 15) is 9.90 Å². The van der Waals surface area contributed by atoms with Crippen LogP contribution in [0.25, 0.3) is 16.7 Å². The molecule has 0 unspecified atom stereocenters. The number of methoxy groups -OCH3 is 1. The van der Waals surface area contributed by atoms with Crippen molar-refractivity contribution < 1.29 is 19.4 Å². The van der Waals surface area contributed by atoms with Gasteiger partial charge in [-0.1, -0.05) is 36.4 Å². The Bertz CT molecular complexity index is 1360. The number of aliphatic hydroxyl groups is 1. The number of nitrogens with one attached hydrogen (secondary N) is 2. The molecule has 0 aromatic heterocycles. The number of benzene rings is 3. The molecule has 3 N–H and O–H groups in total. The fourth-order valence-electron chi connectivity index (χ4n) is 4.69. The molecule has 2 aliphatic rings. The van der Waals surface area contributed by atoms with Crippen molar-refractivity contribution in [3.05, 3.63) is 108 Å². The van der Waals surface area contributed by atoms with E-state index in [0.29, 0.717) is 23.4 Å². The molecule has 1 heterocycles. The van der Waals surface area contributed by atoms with Crippen molar-refractivity contribution in [2.45, 2.75) is 25.4 Å². The molecule has 3 aromatic rings. The number of aliphatic hydroxyl groups excluding tert-OH is 1. The van der Waals surface area contributed by atoms with E-state index in [1.54, 1.807) is 37.5 Å². The van der Waals surface area contributed by atoms with Crippen molar-refractivity contribution in [2.75, 3.05) is 25.5 Å². The van der Waals surface area contributed by atoms with E-state index in [1.807, 2.05) is 48.5 Å². The summed E-state index contributed by atoms with van der Waals surface area (Å²) in [6.45, 7) is 2.01. The van der Waals surface area contributed by atoms with Crippen LogP contribution >= 0.6 is 0 Å². The van der Waals surface area contributed by atoms with Gasteiger partial charge in [-0.3, -0.25) is 4.79 Å². The zero-order chi connectivity index (χ0) is 26.3. The summed E-state index contributed by atoms with van der Waals surface area (Å²) >= 11 is 0. The van der Waals surface area contributed by atoms with Gasteiger partial charge in [0.25, 0.3) is 5.91 Å². The smallest absolute Gasteiger partial charge is 0.255 e. The summed E-state index contributed by atoms with van der Waals surface area (Å²) in [6.07, 6.45) is 9.95. The predicted octanol–water partition coefficient (Wildman–Crippen LogP) is 6.53. The second-order valence-corrected chi connectivity index (χ2v) is 9.42. The maximum atomic E-state index is 13.1. The van der Waals surface area contributed by atoms with Crippen LogP contribution in [0.4, 0.5) is 5.69 Å². The molecule has 1 saturated heterocycles. The minimum Gasteiger partial charge on any atom is -0.508 e. The van der Waals surface area contributed by atoms with E-state index in [1.165, 1.54) is 0 Å². The van der Waals surface area contributed by atoms with Crippen LogP contribution in [0.5, 0.6) is 11.5 Å². The molecule has 194 valence electrons. The molecule has 6 nitrogen and oxygen atoms in total. The third kappa shape index (κ3) is 6.15. The highest BCUT2D eigenvalue weighted by Crippen LogP contribution is 2.32. The van der Waals surface area contributed by atoms with Crippen molar-refractivity contribution in [1.29, 1.82) is 0 Å². The third-order valence-electron chi connectivity index (χ3n) is 6.82. The first-order chi connectivity index (χ1) is 18.6. The van der Waals surface area contributed by atoms with Crippen LogP contribution in [0.3, 0.4) is 0 Å². The SMILES string of the molecule is COc1ccc(C(=O)Nc2ccc(-c3ccc(OC4CCNCC4)cc3)cc2)cc1C1=CC=CC(O)=CC1. The number of anilines is 1. The maximum absolute atomic E-state index is 13.1. The lowest BCUT2D eigenvalue weighted by Crippen LogP contribution is -2.34. The lowest BCUT2D eigenvalue weighted by Gasteiger charge is -2.23. The number of hydrogen-bond acceptors (Lipinski definition) is 5. The lowest BCUT2D eigenvalue weighted by atomic mass is 9.98. The van der Waals surface area contributed by atoms with Crippen LogP contribution in [0.1, 0.15) is 35.2 Å².